The van der Waals surface area contributed by atoms with Gasteiger partial charge in [-0.3, -0.25) is 4.98 Å². The third kappa shape index (κ3) is 14.1. The first kappa shape index (κ1) is 15.1. The first-order chi connectivity index (χ1) is 6.71. The van der Waals surface area contributed by atoms with E-state index in [9.17, 15) is 4.57 Å². The van der Waals surface area contributed by atoms with Crippen molar-refractivity contribution in [1.29, 1.82) is 0 Å². The molecular weight excluding hydrogens is 287 g/mol. The summed E-state index contributed by atoms with van der Waals surface area (Å²) >= 11 is 14.5. The van der Waals surface area contributed by atoms with Crippen LogP contribution in [0.1, 0.15) is 0 Å². The molecule has 1 aromatic heterocycles. The van der Waals surface area contributed by atoms with E-state index in [1.165, 1.54) is 0 Å². The van der Waals surface area contributed by atoms with Gasteiger partial charge in [0.05, 0.1) is 0 Å². The van der Waals surface area contributed by atoms with E-state index in [-0.39, 0.29) is 0 Å². The highest BCUT2D eigenvalue weighted by Crippen LogP contribution is 2.46. The van der Waals surface area contributed by atoms with Gasteiger partial charge in [-0.05, 0) is 12.1 Å². The lowest BCUT2D eigenvalue weighted by Gasteiger charge is -2.11. The lowest BCUT2D eigenvalue weighted by atomic mass is 10.5. The molecule has 0 bridgehead atoms. The van der Waals surface area contributed by atoms with Gasteiger partial charge in [-0.25, -0.2) is 9.09 Å². The van der Waals surface area contributed by atoms with Crippen LogP contribution < -0.4 is 0 Å². The second kappa shape index (κ2) is 6.66. The molecule has 0 fully saturated rings. The van der Waals surface area contributed by atoms with E-state index in [1.807, 2.05) is 18.2 Å². The largest absolute Gasteiger partial charge is 0.473 e. The van der Waals surface area contributed by atoms with E-state index in [2.05, 4.69) is 9.51 Å². The standard InChI is InChI=1S/C5H5N.CH2Cl3O4P/c1-2-4-6-5-3-1;2-1(3,4)8-9(5,6)7/h1-5H;(H2,5,6,7). The molecule has 0 saturated carbocycles. The number of pyridine rings is 1. The molecule has 0 saturated heterocycles. The minimum Gasteiger partial charge on any atom is -0.303 e. The molecule has 15 heavy (non-hydrogen) atoms. The lowest BCUT2D eigenvalue weighted by Crippen LogP contribution is -2.05. The quantitative estimate of drug-likeness (QED) is 0.614. The number of phosphoric ester groups is 1. The average molecular weight is 294 g/mol. The van der Waals surface area contributed by atoms with Gasteiger partial charge in [0, 0.05) is 12.4 Å². The van der Waals surface area contributed by atoms with Crippen molar-refractivity contribution in [2.24, 2.45) is 0 Å². The summed E-state index contributed by atoms with van der Waals surface area (Å²) in [6, 6.07) is 5.72. The monoisotopic (exact) mass is 293 g/mol. The lowest BCUT2D eigenvalue weighted by molar-refractivity contribution is 0.196. The molecule has 1 heterocycles. The van der Waals surface area contributed by atoms with E-state index in [0.29, 0.717) is 0 Å². The summed E-state index contributed by atoms with van der Waals surface area (Å²) in [4.78, 5) is 19.8. The van der Waals surface area contributed by atoms with Crippen LogP contribution in [0.5, 0.6) is 0 Å². The minimum atomic E-state index is -4.68. The highest BCUT2D eigenvalue weighted by molar-refractivity contribution is 7.46. The Balaban J connectivity index is 0.000000280. The molecule has 5 nitrogen and oxygen atoms in total. The zero-order chi connectivity index (χ0) is 11.9. The van der Waals surface area contributed by atoms with Gasteiger partial charge < -0.3 is 9.79 Å². The Hall–Kier alpha value is 0.130. The molecule has 0 amide bonds. The fourth-order valence-corrected chi connectivity index (χ4v) is 1.53. The van der Waals surface area contributed by atoms with Crippen molar-refractivity contribution in [1.82, 2.24) is 4.98 Å². The van der Waals surface area contributed by atoms with Gasteiger partial charge in [0.25, 0.3) is 0 Å². The van der Waals surface area contributed by atoms with Crippen LogP contribution in [0.3, 0.4) is 0 Å². The summed E-state index contributed by atoms with van der Waals surface area (Å²) in [5.74, 6) is 0. The molecule has 1 aromatic rings. The Morgan fingerprint density at radius 1 is 1.13 bits per heavy atom. The molecule has 0 aliphatic heterocycles. The number of aromatic nitrogens is 1. The SMILES string of the molecule is O=P(O)(O)OC(Cl)(Cl)Cl.c1ccncc1. The van der Waals surface area contributed by atoms with Crippen molar-refractivity contribution in [2.75, 3.05) is 0 Å². The van der Waals surface area contributed by atoms with Crippen LogP contribution in [0, 0.1) is 0 Å². The first-order valence-corrected chi connectivity index (χ1v) is 6.05. The molecule has 0 atom stereocenters. The second-order valence-electron chi connectivity index (χ2n) is 2.05. The highest BCUT2D eigenvalue weighted by Gasteiger charge is 2.31. The van der Waals surface area contributed by atoms with Crippen molar-refractivity contribution in [3.63, 3.8) is 0 Å². The van der Waals surface area contributed by atoms with Crippen LogP contribution in [0.25, 0.3) is 0 Å². The Morgan fingerprint density at radius 2 is 1.60 bits per heavy atom. The summed E-state index contributed by atoms with van der Waals surface area (Å²) in [7, 11) is -4.68. The van der Waals surface area contributed by atoms with Gasteiger partial charge >= 0.3 is 11.8 Å². The molecule has 0 spiro atoms. The minimum absolute atomic E-state index is 1.75. The van der Waals surface area contributed by atoms with Gasteiger partial charge in [-0.15, -0.1) is 0 Å². The Kier molecular flexibility index (Phi) is 6.71. The summed E-state index contributed by atoms with van der Waals surface area (Å²) in [6.07, 6.45) is 3.50. The predicted molar refractivity (Wildman–Crippen MR) is 57.7 cm³/mol. The number of nitrogens with zero attached hydrogens (tertiary/aromatic N) is 1. The van der Waals surface area contributed by atoms with Crippen LogP contribution in [0.15, 0.2) is 30.6 Å². The van der Waals surface area contributed by atoms with Crippen molar-refractivity contribution >= 4 is 42.6 Å². The van der Waals surface area contributed by atoms with Crippen LogP contribution in [-0.2, 0) is 9.09 Å². The van der Waals surface area contributed by atoms with Gasteiger partial charge in [0.2, 0.25) is 0 Å². The molecule has 0 unspecified atom stereocenters. The van der Waals surface area contributed by atoms with Gasteiger partial charge in [-0.1, -0.05) is 40.9 Å². The zero-order valence-electron chi connectivity index (χ0n) is 7.13. The van der Waals surface area contributed by atoms with E-state index in [4.69, 9.17) is 44.6 Å². The van der Waals surface area contributed by atoms with Gasteiger partial charge in [0.1, 0.15) is 0 Å². The maximum atomic E-state index is 9.87. The predicted octanol–water partition coefficient (Wildman–Crippen LogP) is 2.51. The molecule has 0 aliphatic rings. The Labute approximate surface area is 101 Å². The smallest absolute Gasteiger partial charge is 0.303 e. The third-order valence-electron chi connectivity index (χ3n) is 0.789. The number of phosphoric acid groups is 1. The van der Waals surface area contributed by atoms with Gasteiger partial charge in [-0.2, -0.15) is 0 Å². The van der Waals surface area contributed by atoms with Crippen LogP contribution in [0.2, 0.25) is 0 Å². The van der Waals surface area contributed by atoms with E-state index in [0.717, 1.165) is 0 Å². The molecule has 0 aliphatic carbocycles. The van der Waals surface area contributed by atoms with Gasteiger partial charge in [0.15, 0.2) is 0 Å². The Bertz CT molecular complexity index is 285. The molecule has 0 radical (unpaired) electrons. The molecule has 86 valence electrons. The number of rotatable bonds is 1. The van der Waals surface area contributed by atoms with E-state index < -0.39 is 11.8 Å². The Morgan fingerprint density at radius 3 is 1.67 bits per heavy atom. The zero-order valence-corrected chi connectivity index (χ0v) is 10.3. The third-order valence-corrected chi connectivity index (χ3v) is 1.85. The average Bonchev–Trinajstić information content (AvgIpc) is 2.01. The number of halogens is 3. The maximum absolute atomic E-state index is 9.87. The van der Waals surface area contributed by atoms with Crippen LogP contribution in [0.4, 0.5) is 0 Å². The summed E-state index contributed by atoms with van der Waals surface area (Å²) in [5.41, 5.74) is 0. The van der Waals surface area contributed by atoms with Crippen molar-refractivity contribution in [2.45, 2.75) is 3.98 Å². The normalized spacial score (nSPS) is 11.5. The van der Waals surface area contributed by atoms with Crippen molar-refractivity contribution < 1.29 is 18.9 Å². The molecule has 0 aromatic carbocycles. The number of hydrogen-bond donors (Lipinski definition) is 2. The fraction of sp³-hybridized carbons (Fsp3) is 0.167. The van der Waals surface area contributed by atoms with Crippen molar-refractivity contribution in [3.05, 3.63) is 30.6 Å². The van der Waals surface area contributed by atoms with E-state index >= 15 is 0 Å². The number of hydrogen-bond acceptors (Lipinski definition) is 3. The molecular formula is C6H7Cl3NO4P. The highest BCUT2D eigenvalue weighted by atomic mass is 35.6. The van der Waals surface area contributed by atoms with Crippen LogP contribution in [-0.4, -0.2) is 18.7 Å². The van der Waals surface area contributed by atoms with Crippen LogP contribution >= 0.6 is 42.6 Å². The summed E-state index contributed by atoms with van der Waals surface area (Å²) in [5, 5.41) is 0. The number of alkyl halides is 3. The maximum Gasteiger partial charge on any atom is 0.473 e. The van der Waals surface area contributed by atoms with E-state index in [1.54, 1.807) is 12.4 Å². The molecule has 2 N–H and O–H groups in total. The second-order valence-corrected chi connectivity index (χ2v) is 5.39. The molecule has 9 heteroatoms. The fourth-order valence-electron chi connectivity index (χ4n) is 0.447. The first-order valence-electron chi connectivity index (χ1n) is 3.39. The van der Waals surface area contributed by atoms with Crippen molar-refractivity contribution in [3.8, 4) is 0 Å². The summed E-state index contributed by atoms with van der Waals surface area (Å²) in [6.45, 7) is 0. The molecule has 1 rings (SSSR count). The summed E-state index contributed by atoms with van der Waals surface area (Å²) < 4.78 is 11.1. The topological polar surface area (TPSA) is 79.7 Å².